The van der Waals surface area contributed by atoms with Crippen molar-refractivity contribution in [2.45, 2.75) is 45.6 Å². The second-order valence-corrected chi connectivity index (χ2v) is 6.09. The van der Waals surface area contributed by atoms with Gasteiger partial charge in [-0.25, -0.2) is 0 Å². The van der Waals surface area contributed by atoms with Crippen LogP contribution in [0, 0.1) is 11.8 Å². The van der Waals surface area contributed by atoms with Crippen molar-refractivity contribution >= 4 is 11.8 Å². The number of rotatable bonds is 4. The van der Waals surface area contributed by atoms with Crippen LogP contribution >= 0.6 is 0 Å². The molecule has 2 aliphatic rings. The molecule has 3 atom stereocenters. The minimum absolute atomic E-state index is 0.000846. The third-order valence-electron chi connectivity index (χ3n) is 4.67. The molecule has 0 aromatic heterocycles. The Balaban J connectivity index is 1.90. The Kier molecular flexibility index (Phi) is 5.40. The molecule has 2 fully saturated rings. The summed E-state index contributed by atoms with van der Waals surface area (Å²) in [6.45, 7) is 7.48. The van der Waals surface area contributed by atoms with Crippen LogP contribution < -0.4 is 10.6 Å². The van der Waals surface area contributed by atoms with Gasteiger partial charge < -0.3 is 15.5 Å². The van der Waals surface area contributed by atoms with E-state index in [9.17, 15) is 9.59 Å². The third kappa shape index (κ3) is 3.51. The van der Waals surface area contributed by atoms with E-state index in [-0.39, 0.29) is 17.9 Å². The molecule has 0 spiro atoms. The first-order chi connectivity index (χ1) is 9.63. The lowest BCUT2D eigenvalue weighted by molar-refractivity contribution is -0.144. The number of piperazine rings is 1. The molecule has 2 rings (SSSR count). The highest BCUT2D eigenvalue weighted by Gasteiger charge is 2.33. The van der Waals surface area contributed by atoms with Crippen LogP contribution in [0.2, 0.25) is 0 Å². The number of amides is 2. The van der Waals surface area contributed by atoms with E-state index in [1.54, 1.807) is 4.90 Å². The molecule has 0 aromatic carbocycles. The van der Waals surface area contributed by atoms with Crippen LogP contribution in [0.25, 0.3) is 0 Å². The lowest BCUT2D eigenvalue weighted by Crippen LogP contribution is -2.57. The van der Waals surface area contributed by atoms with Crippen molar-refractivity contribution in [3.63, 3.8) is 0 Å². The molecule has 0 aromatic rings. The van der Waals surface area contributed by atoms with Crippen molar-refractivity contribution in [2.24, 2.45) is 11.8 Å². The highest BCUT2D eigenvalue weighted by molar-refractivity contribution is 5.88. The summed E-state index contributed by atoms with van der Waals surface area (Å²) in [6.07, 6.45) is 3.67. The van der Waals surface area contributed by atoms with Crippen LogP contribution in [-0.4, -0.2) is 48.9 Å². The predicted molar refractivity (Wildman–Crippen MR) is 78.2 cm³/mol. The Morgan fingerprint density at radius 2 is 2.25 bits per heavy atom. The van der Waals surface area contributed by atoms with Crippen LogP contribution in [0.1, 0.15) is 39.5 Å². The molecular formula is C15H27N3O2. The van der Waals surface area contributed by atoms with Crippen molar-refractivity contribution in [2.75, 3.05) is 26.2 Å². The molecule has 2 heterocycles. The molecule has 2 N–H and O–H groups in total. The fraction of sp³-hybridized carbons (Fsp3) is 0.867. The first-order valence-electron chi connectivity index (χ1n) is 7.91. The van der Waals surface area contributed by atoms with Crippen molar-refractivity contribution in [3.8, 4) is 0 Å². The van der Waals surface area contributed by atoms with Gasteiger partial charge in [0.05, 0.1) is 0 Å². The lowest BCUT2D eigenvalue weighted by Gasteiger charge is -2.36. The summed E-state index contributed by atoms with van der Waals surface area (Å²) in [4.78, 5) is 26.1. The molecule has 0 radical (unpaired) electrons. The smallest absolute Gasteiger partial charge is 0.242 e. The van der Waals surface area contributed by atoms with Gasteiger partial charge in [0.15, 0.2) is 0 Å². The van der Waals surface area contributed by atoms with Crippen LogP contribution in [0.4, 0.5) is 0 Å². The van der Waals surface area contributed by atoms with E-state index in [2.05, 4.69) is 17.6 Å². The Labute approximate surface area is 121 Å². The van der Waals surface area contributed by atoms with E-state index in [0.29, 0.717) is 37.8 Å². The highest BCUT2D eigenvalue weighted by Crippen LogP contribution is 2.24. The molecule has 2 aliphatic heterocycles. The molecule has 5 nitrogen and oxygen atoms in total. The van der Waals surface area contributed by atoms with Gasteiger partial charge in [-0.05, 0) is 44.2 Å². The predicted octanol–water partition coefficient (Wildman–Crippen LogP) is 0.749. The first-order valence-corrected chi connectivity index (χ1v) is 7.91. The molecule has 0 bridgehead atoms. The monoisotopic (exact) mass is 281 g/mol. The van der Waals surface area contributed by atoms with Crippen LogP contribution in [0.5, 0.6) is 0 Å². The molecule has 0 saturated carbocycles. The maximum absolute atomic E-state index is 12.5. The standard InChI is InChI=1S/C15H27N3O2/c1-3-13-15(20)17-7-8-18(13)14(19)9-11(2)12-5-4-6-16-10-12/h11-13,16H,3-10H2,1-2H3,(H,17,20). The highest BCUT2D eigenvalue weighted by atomic mass is 16.2. The first kappa shape index (κ1) is 15.3. The van der Waals surface area contributed by atoms with Gasteiger partial charge in [-0.2, -0.15) is 0 Å². The fourth-order valence-corrected chi connectivity index (χ4v) is 3.34. The summed E-state index contributed by atoms with van der Waals surface area (Å²) in [5, 5.41) is 6.25. The van der Waals surface area contributed by atoms with Gasteiger partial charge in [-0.3, -0.25) is 9.59 Å². The average Bonchev–Trinajstić information content (AvgIpc) is 2.47. The van der Waals surface area contributed by atoms with Crippen LogP contribution in [0.3, 0.4) is 0 Å². The Bertz CT molecular complexity index is 353. The molecule has 20 heavy (non-hydrogen) atoms. The number of hydrogen-bond donors (Lipinski definition) is 2. The number of nitrogens with one attached hydrogen (secondary N) is 2. The van der Waals surface area contributed by atoms with Crippen LogP contribution in [-0.2, 0) is 9.59 Å². The number of nitrogens with zero attached hydrogens (tertiary/aromatic N) is 1. The van der Waals surface area contributed by atoms with E-state index < -0.39 is 0 Å². The second kappa shape index (κ2) is 7.07. The molecule has 3 unspecified atom stereocenters. The summed E-state index contributed by atoms with van der Waals surface area (Å²) >= 11 is 0. The van der Waals surface area contributed by atoms with Crippen molar-refractivity contribution in [1.29, 1.82) is 0 Å². The van der Waals surface area contributed by atoms with Crippen molar-refractivity contribution in [3.05, 3.63) is 0 Å². The Morgan fingerprint density at radius 3 is 2.90 bits per heavy atom. The Hall–Kier alpha value is -1.10. The van der Waals surface area contributed by atoms with Gasteiger partial charge in [0, 0.05) is 19.5 Å². The van der Waals surface area contributed by atoms with E-state index in [4.69, 9.17) is 0 Å². The molecule has 114 valence electrons. The number of hydrogen-bond acceptors (Lipinski definition) is 3. The van der Waals surface area contributed by atoms with Gasteiger partial charge in [0.1, 0.15) is 6.04 Å². The third-order valence-corrected chi connectivity index (χ3v) is 4.67. The molecule has 0 aliphatic carbocycles. The summed E-state index contributed by atoms with van der Waals surface area (Å²) in [6, 6.07) is -0.270. The molecule has 2 amide bonds. The normalized spacial score (nSPS) is 28.9. The summed E-state index contributed by atoms with van der Waals surface area (Å²) in [5.74, 6) is 1.12. The zero-order valence-corrected chi connectivity index (χ0v) is 12.7. The van der Waals surface area contributed by atoms with Crippen molar-refractivity contribution in [1.82, 2.24) is 15.5 Å². The van der Waals surface area contributed by atoms with E-state index in [1.165, 1.54) is 12.8 Å². The Morgan fingerprint density at radius 1 is 1.45 bits per heavy atom. The van der Waals surface area contributed by atoms with Gasteiger partial charge >= 0.3 is 0 Å². The minimum atomic E-state index is -0.270. The second-order valence-electron chi connectivity index (χ2n) is 6.09. The lowest BCUT2D eigenvalue weighted by atomic mass is 9.85. The zero-order valence-electron chi connectivity index (χ0n) is 12.7. The molecule has 5 heteroatoms. The number of carbonyl (C=O) groups excluding carboxylic acids is 2. The summed E-state index contributed by atoms with van der Waals surface area (Å²) in [7, 11) is 0. The molecular weight excluding hydrogens is 254 g/mol. The molecule has 2 saturated heterocycles. The van der Waals surface area contributed by atoms with Crippen molar-refractivity contribution < 1.29 is 9.59 Å². The largest absolute Gasteiger partial charge is 0.353 e. The topological polar surface area (TPSA) is 61.4 Å². The summed E-state index contributed by atoms with van der Waals surface area (Å²) < 4.78 is 0. The van der Waals surface area contributed by atoms with Gasteiger partial charge in [-0.1, -0.05) is 13.8 Å². The van der Waals surface area contributed by atoms with Crippen LogP contribution in [0.15, 0.2) is 0 Å². The number of carbonyl (C=O) groups is 2. The average molecular weight is 281 g/mol. The van der Waals surface area contributed by atoms with E-state index >= 15 is 0 Å². The maximum Gasteiger partial charge on any atom is 0.242 e. The SMILES string of the molecule is CCC1C(=O)NCCN1C(=O)CC(C)C1CCCNC1. The maximum atomic E-state index is 12.5. The van der Waals surface area contributed by atoms with E-state index in [1.807, 2.05) is 6.92 Å². The quantitative estimate of drug-likeness (QED) is 0.799. The van der Waals surface area contributed by atoms with E-state index in [0.717, 1.165) is 13.1 Å². The van der Waals surface area contributed by atoms with Gasteiger partial charge in [0.25, 0.3) is 0 Å². The number of piperidine rings is 1. The summed E-state index contributed by atoms with van der Waals surface area (Å²) in [5.41, 5.74) is 0. The fourth-order valence-electron chi connectivity index (χ4n) is 3.34. The zero-order chi connectivity index (χ0) is 14.5. The van der Waals surface area contributed by atoms with Gasteiger partial charge in [0.2, 0.25) is 11.8 Å². The minimum Gasteiger partial charge on any atom is -0.353 e. The van der Waals surface area contributed by atoms with Gasteiger partial charge in [-0.15, -0.1) is 0 Å².